The predicted octanol–water partition coefficient (Wildman–Crippen LogP) is 2.55. The maximum atomic E-state index is 13.7. The van der Waals surface area contributed by atoms with Crippen LogP contribution in [-0.4, -0.2) is 18.2 Å². The van der Waals surface area contributed by atoms with Gasteiger partial charge in [-0.1, -0.05) is 25.8 Å². The first-order valence-electron chi connectivity index (χ1n) is 5.81. The highest BCUT2D eigenvalue weighted by atomic mass is 19.1. The standard InChI is InChI=1S/C13H14FNO2/c1-2-3-4-8-15-11-9(12(16)13(15)17)6-5-7-10(11)14/h5-7H,2-4,8H2,1H3. The van der Waals surface area contributed by atoms with Crippen LogP contribution in [0.25, 0.3) is 0 Å². The number of nitrogens with zero attached hydrogens (tertiary/aromatic N) is 1. The summed E-state index contributed by atoms with van der Waals surface area (Å²) in [5.74, 6) is -1.71. The van der Waals surface area contributed by atoms with Crippen LogP contribution in [0.4, 0.5) is 10.1 Å². The first kappa shape index (κ1) is 11.8. The molecule has 0 aromatic heterocycles. The molecule has 1 aliphatic rings. The van der Waals surface area contributed by atoms with Crippen molar-refractivity contribution in [3.05, 3.63) is 29.6 Å². The molecule has 17 heavy (non-hydrogen) atoms. The van der Waals surface area contributed by atoms with Gasteiger partial charge in [-0.05, 0) is 18.6 Å². The van der Waals surface area contributed by atoms with E-state index in [1.807, 2.05) is 6.92 Å². The minimum atomic E-state index is -0.610. The molecule has 0 fully saturated rings. The number of para-hydroxylation sites is 1. The van der Waals surface area contributed by atoms with Crippen LogP contribution in [0, 0.1) is 5.82 Å². The summed E-state index contributed by atoms with van der Waals surface area (Å²) < 4.78 is 13.7. The number of carbonyl (C=O) groups is 2. The summed E-state index contributed by atoms with van der Waals surface area (Å²) in [4.78, 5) is 24.6. The molecule has 1 aliphatic heterocycles. The van der Waals surface area contributed by atoms with Crippen molar-refractivity contribution in [1.29, 1.82) is 0 Å². The number of hydrogen-bond donors (Lipinski definition) is 0. The minimum Gasteiger partial charge on any atom is -0.302 e. The Morgan fingerprint density at radius 2 is 2.00 bits per heavy atom. The quantitative estimate of drug-likeness (QED) is 0.594. The zero-order chi connectivity index (χ0) is 12.4. The SMILES string of the molecule is CCCCCN1C(=O)C(=O)c2cccc(F)c21. The van der Waals surface area contributed by atoms with Gasteiger partial charge in [-0.3, -0.25) is 9.59 Å². The molecule has 0 unspecified atom stereocenters. The Morgan fingerprint density at radius 3 is 2.71 bits per heavy atom. The van der Waals surface area contributed by atoms with Crippen molar-refractivity contribution in [2.24, 2.45) is 0 Å². The first-order valence-corrected chi connectivity index (χ1v) is 5.81. The Hall–Kier alpha value is -1.71. The molecule has 0 atom stereocenters. The Labute approximate surface area is 99.2 Å². The smallest absolute Gasteiger partial charge is 0.299 e. The molecule has 3 nitrogen and oxygen atoms in total. The number of Topliss-reactive ketones (excluding diaryl/α,β-unsaturated/α-hetero) is 1. The molecular weight excluding hydrogens is 221 g/mol. The van der Waals surface area contributed by atoms with E-state index in [2.05, 4.69) is 0 Å². The highest BCUT2D eigenvalue weighted by Gasteiger charge is 2.37. The number of unbranched alkanes of at least 4 members (excludes halogenated alkanes) is 2. The number of fused-ring (bicyclic) bond motifs is 1. The maximum Gasteiger partial charge on any atom is 0.299 e. The van der Waals surface area contributed by atoms with Crippen molar-refractivity contribution in [2.75, 3.05) is 11.4 Å². The largest absolute Gasteiger partial charge is 0.302 e. The molecule has 1 aromatic carbocycles. The summed E-state index contributed by atoms with van der Waals surface area (Å²) in [5, 5.41) is 0. The lowest BCUT2D eigenvalue weighted by Gasteiger charge is -2.16. The minimum absolute atomic E-state index is 0.151. The van der Waals surface area contributed by atoms with Gasteiger partial charge in [0, 0.05) is 6.54 Å². The number of ketones is 1. The van der Waals surface area contributed by atoms with E-state index < -0.39 is 17.5 Å². The van der Waals surface area contributed by atoms with Gasteiger partial charge in [0.15, 0.2) is 0 Å². The van der Waals surface area contributed by atoms with Gasteiger partial charge >= 0.3 is 0 Å². The molecule has 4 heteroatoms. The lowest BCUT2D eigenvalue weighted by molar-refractivity contribution is -0.114. The van der Waals surface area contributed by atoms with Crippen molar-refractivity contribution in [3.63, 3.8) is 0 Å². The molecule has 1 amide bonds. The van der Waals surface area contributed by atoms with Crippen LogP contribution in [0.1, 0.15) is 36.5 Å². The second kappa shape index (κ2) is 4.65. The zero-order valence-electron chi connectivity index (χ0n) is 9.70. The molecular formula is C13H14FNO2. The topological polar surface area (TPSA) is 37.4 Å². The summed E-state index contributed by atoms with van der Waals surface area (Å²) in [5.41, 5.74) is 0.338. The second-order valence-corrected chi connectivity index (χ2v) is 4.13. The summed E-state index contributed by atoms with van der Waals surface area (Å²) in [6.45, 7) is 2.46. The van der Waals surface area contributed by atoms with Crippen LogP contribution in [0.5, 0.6) is 0 Å². The fourth-order valence-electron chi connectivity index (χ4n) is 2.05. The number of amides is 1. The van der Waals surface area contributed by atoms with Gasteiger partial charge in [0.05, 0.1) is 11.3 Å². The molecule has 90 valence electrons. The van der Waals surface area contributed by atoms with E-state index >= 15 is 0 Å². The van der Waals surface area contributed by atoms with Gasteiger partial charge in [-0.15, -0.1) is 0 Å². The Balaban J connectivity index is 2.30. The lowest BCUT2D eigenvalue weighted by atomic mass is 10.1. The molecule has 0 spiro atoms. The number of rotatable bonds is 4. The van der Waals surface area contributed by atoms with Crippen molar-refractivity contribution in [3.8, 4) is 0 Å². The van der Waals surface area contributed by atoms with E-state index in [4.69, 9.17) is 0 Å². The van der Waals surface area contributed by atoms with Crippen molar-refractivity contribution >= 4 is 17.4 Å². The van der Waals surface area contributed by atoms with Crippen molar-refractivity contribution < 1.29 is 14.0 Å². The van der Waals surface area contributed by atoms with Gasteiger partial charge in [0.2, 0.25) is 0 Å². The number of hydrogen-bond acceptors (Lipinski definition) is 2. The van der Waals surface area contributed by atoms with E-state index in [9.17, 15) is 14.0 Å². The fraction of sp³-hybridized carbons (Fsp3) is 0.385. The summed E-state index contributed by atoms with van der Waals surface area (Å²) in [6.07, 6.45) is 2.76. The number of anilines is 1. The average Bonchev–Trinajstić information content (AvgIpc) is 2.56. The molecule has 0 saturated heterocycles. The van der Waals surface area contributed by atoms with E-state index in [1.54, 1.807) is 0 Å². The third-order valence-electron chi connectivity index (χ3n) is 2.93. The Kier molecular flexibility index (Phi) is 3.22. The monoisotopic (exact) mass is 235 g/mol. The van der Waals surface area contributed by atoms with Gasteiger partial charge in [-0.25, -0.2) is 4.39 Å². The molecule has 0 aliphatic carbocycles. The van der Waals surface area contributed by atoms with Crippen LogP contribution < -0.4 is 4.90 Å². The van der Waals surface area contributed by atoms with Crippen LogP contribution in [-0.2, 0) is 4.79 Å². The molecule has 0 radical (unpaired) electrons. The molecule has 0 N–H and O–H groups in total. The number of carbonyl (C=O) groups excluding carboxylic acids is 2. The maximum absolute atomic E-state index is 13.7. The molecule has 0 saturated carbocycles. The lowest BCUT2D eigenvalue weighted by Crippen LogP contribution is -2.31. The van der Waals surface area contributed by atoms with E-state index in [0.29, 0.717) is 6.54 Å². The Bertz CT molecular complexity index is 470. The number of benzene rings is 1. The second-order valence-electron chi connectivity index (χ2n) is 4.13. The zero-order valence-corrected chi connectivity index (χ0v) is 9.70. The molecule has 0 bridgehead atoms. The molecule has 1 aromatic rings. The van der Waals surface area contributed by atoms with E-state index in [1.165, 1.54) is 23.1 Å². The highest BCUT2D eigenvalue weighted by molar-refractivity contribution is 6.52. The van der Waals surface area contributed by atoms with Crippen LogP contribution in [0.2, 0.25) is 0 Å². The van der Waals surface area contributed by atoms with Gasteiger partial charge < -0.3 is 4.90 Å². The van der Waals surface area contributed by atoms with Gasteiger partial charge in [-0.2, -0.15) is 0 Å². The predicted molar refractivity (Wildman–Crippen MR) is 62.6 cm³/mol. The normalized spacial score (nSPS) is 14.4. The fourth-order valence-corrected chi connectivity index (χ4v) is 2.05. The third kappa shape index (κ3) is 1.95. The van der Waals surface area contributed by atoms with Crippen molar-refractivity contribution in [2.45, 2.75) is 26.2 Å². The van der Waals surface area contributed by atoms with Gasteiger partial charge in [0.25, 0.3) is 11.7 Å². The van der Waals surface area contributed by atoms with Crippen molar-refractivity contribution in [1.82, 2.24) is 0 Å². The van der Waals surface area contributed by atoms with E-state index in [0.717, 1.165) is 19.3 Å². The van der Waals surface area contributed by atoms with Crippen LogP contribution >= 0.6 is 0 Å². The van der Waals surface area contributed by atoms with Crippen LogP contribution in [0.3, 0.4) is 0 Å². The van der Waals surface area contributed by atoms with Crippen LogP contribution in [0.15, 0.2) is 18.2 Å². The highest BCUT2D eigenvalue weighted by Crippen LogP contribution is 2.31. The summed E-state index contributed by atoms with van der Waals surface area (Å²) in [7, 11) is 0. The summed E-state index contributed by atoms with van der Waals surface area (Å²) >= 11 is 0. The average molecular weight is 235 g/mol. The molecule has 1 heterocycles. The Morgan fingerprint density at radius 1 is 1.24 bits per heavy atom. The third-order valence-corrected chi connectivity index (χ3v) is 2.93. The first-order chi connectivity index (χ1) is 8.16. The molecule has 2 rings (SSSR count). The summed E-state index contributed by atoms with van der Waals surface area (Å²) in [6, 6.07) is 4.23. The van der Waals surface area contributed by atoms with Gasteiger partial charge in [0.1, 0.15) is 5.82 Å². The van der Waals surface area contributed by atoms with E-state index in [-0.39, 0.29) is 11.3 Å². The number of halogens is 1.